The van der Waals surface area contributed by atoms with Gasteiger partial charge < -0.3 is 9.30 Å². The van der Waals surface area contributed by atoms with Crippen LogP contribution in [0.4, 0.5) is 13.2 Å². The van der Waals surface area contributed by atoms with Crippen LogP contribution in [0.15, 0.2) is 29.4 Å². The van der Waals surface area contributed by atoms with Gasteiger partial charge in [-0.2, -0.15) is 18.2 Å². The number of ether oxygens (including phenoxy) is 1. The quantitative estimate of drug-likeness (QED) is 0.617. The summed E-state index contributed by atoms with van der Waals surface area (Å²) in [5.74, 6) is -0.337. The molecule has 1 amide bonds. The highest BCUT2D eigenvalue weighted by molar-refractivity contribution is 7.09. The number of aromatic nitrogens is 1. The minimum Gasteiger partial charge on any atom is -0.493 e. The van der Waals surface area contributed by atoms with Gasteiger partial charge in [0.15, 0.2) is 4.80 Å². The molecule has 8 heteroatoms. The van der Waals surface area contributed by atoms with E-state index in [0.29, 0.717) is 17.3 Å². The van der Waals surface area contributed by atoms with Crippen LogP contribution in [0.25, 0.3) is 0 Å². The largest absolute Gasteiger partial charge is 0.493 e. The SMILES string of the molecule is CCOc1ccc(C(F)(F)F)cc1C(=O)/N=c1\sc(C(C)(C)C)cn1CC(C)C. The molecule has 0 atom stereocenters. The van der Waals surface area contributed by atoms with E-state index in [1.54, 1.807) is 6.92 Å². The predicted octanol–water partition coefficient (Wildman–Crippen LogP) is 5.66. The fraction of sp³-hybridized carbons (Fsp3) is 0.524. The molecule has 1 aromatic carbocycles. The number of alkyl halides is 3. The second-order valence-corrected chi connectivity index (χ2v) is 9.24. The van der Waals surface area contributed by atoms with Gasteiger partial charge in [0.1, 0.15) is 5.75 Å². The van der Waals surface area contributed by atoms with Crippen molar-refractivity contribution in [3.63, 3.8) is 0 Å². The molecule has 0 spiro atoms. The Morgan fingerprint density at radius 2 is 1.90 bits per heavy atom. The number of nitrogens with zero attached hydrogens (tertiary/aromatic N) is 2. The van der Waals surface area contributed by atoms with Gasteiger partial charge in [0.2, 0.25) is 0 Å². The molecule has 2 rings (SSSR count). The van der Waals surface area contributed by atoms with Crippen LogP contribution in [0.2, 0.25) is 0 Å². The van der Waals surface area contributed by atoms with Crippen molar-refractivity contribution in [3.05, 3.63) is 45.2 Å². The smallest absolute Gasteiger partial charge is 0.416 e. The summed E-state index contributed by atoms with van der Waals surface area (Å²) in [5, 5.41) is 0. The van der Waals surface area contributed by atoms with E-state index < -0.39 is 17.6 Å². The molecule has 0 aliphatic heterocycles. The van der Waals surface area contributed by atoms with Gasteiger partial charge in [-0.25, -0.2) is 0 Å². The molecule has 0 bridgehead atoms. The summed E-state index contributed by atoms with van der Waals surface area (Å²) < 4.78 is 46.7. The molecule has 0 unspecified atom stereocenters. The summed E-state index contributed by atoms with van der Waals surface area (Å²) >= 11 is 1.37. The topological polar surface area (TPSA) is 43.6 Å². The average molecular weight is 429 g/mol. The molecule has 0 saturated heterocycles. The molecule has 0 aliphatic carbocycles. The van der Waals surface area contributed by atoms with Crippen molar-refractivity contribution < 1.29 is 22.7 Å². The third-order valence-corrected chi connectivity index (χ3v) is 5.50. The Morgan fingerprint density at radius 1 is 1.24 bits per heavy atom. The van der Waals surface area contributed by atoms with Gasteiger partial charge >= 0.3 is 6.18 Å². The van der Waals surface area contributed by atoms with Crippen molar-refractivity contribution >= 4 is 17.2 Å². The van der Waals surface area contributed by atoms with E-state index in [2.05, 4.69) is 25.8 Å². The van der Waals surface area contributed by atoms with Crippen LogP contribution >= 0.6 is 11.3 Å². The fourth-order valence-corrected chi connectivity index (χ4v) is 3.70. The van der Waals surface area contributed by atoms with Crippen LogP contribution in [0.3, 0.4) is 0 Å². The van der Waals surface area contributed by atoms with Crippen LogP contribution in [0, 0.1) is 5.92 Å². The van der Waals surface area contributed by atoms with Crippen LogP contribution in [-0.2, 0) is 18.1 Å². The summed E-state index contributed by atoms with van der Waals surface area (Å²) in [5.41, 5.74) is -1.23. The Hall–Kier alpha value is -2.09. The van der Waals surface area contributed by atoms with E-state index in [1.165, 1.54) is 17.4 Å². The monoisotopic (exact) mass is 428 g/mol. The molecule has 1 heterocycles. The molecule has 2 aromatic rings. The maximum atomic E-state index is 13.1. The lowest BCUT2D eigenvalue weighted by Gasteiger charge is -2.14. The van der Waals surface area contributed by atoms with Gasteiger partial charge in [-0.05, 0) is 36.5 Å². The van der Waals surface area contributed by atoms with Crippen LogP contribution in [0.1, 0.15) is 62.3 Å². The van der Waals surface area contributed by atoms with Gasteiger partial charge in [0.25, 0.3) is 5.91 Å². The van der Waals surface area contributed by atoms with Gasteiger partial charge in [-0.3, -0.25) is 4.79 Å². The number of amides is 1. The Morgan fingerprint density at radius 3 is 2.41 bits per heavy atom. The lowest BCUT2D eigenvalue weighted by Crippen LogP contribution is -2.19. The van der Waals surface area contributed by atoms with Crippen molar-refractivity contribution in [2.75, 3.05) is 6.61 Å². The number of benzene rings is 1. The van der Waals surface area contributed by atoms with E-state index in [0.717, 1.165) is 17.0 Å². The molecule has 0 radical (unpaired) electrons. The summed E-state index contributed by atoms with van der Waals surface area (Å²) in [6.07, 6.45) is -2.59. The maximum absolute atomic E-state index is 13.1. The Bertz CT molecular complexity index is 935. The summed E-state index contributed by atoms with van der Waals surface area (Å²) in [6.45, 7) is 12.9. The molecule has 0 N–H and O–H groups in total. The van der Waals surface area contributed by atoms with E-state index in [9.17, 15) is 18.0 Å². The first-order chi connectivity index (χ1) is 13.3. The second-order valence-electron chi connectivity index (χ2n) is 8.23. The second kappa shape index (κ2) is 8.73. The standard InChI is InChI=1S/C21H27F3N2O2S/c1-7-28-16-9-8-14(21(22,23)24)10-15(16)18(27)25-19-26(11-13(2)3)12-17(29-19)20(4,5)6/h8-10,12-13H,7,11H2,1-6H3/b25-19-. The van der Waals surface area contributed by atoms with Gasteiger partial charge in [-0.1, -0.05) is 34.6 Å². The number of rotatable bonds is 5. The highest BCUT2D eigenvalue weighted by atomic mass is 32.1. The summed E-state index contributed by atoms with van der Waals surface area (Å²) in [6, 6.07) is 2.89. The number of thiazole rings is 1. The van der Waals surface area contributed by atoms with Gasteiger partial charge in [0.05, 0.1) is 17.7 Å². The van der Waals surface area contributed by atoms with Crippen molar-refractivity contribution in [2.45, 2.75) is 59.7 Å². The summed E-state index contributed by atoms with van der Waals surface area (Å²) in [4.78, 5) is 18.5. The number of hydrogen-bond acceptors (Lipinski definition) is 3. The highest BCUT2D eigenvalue weighted by Crippen LogP contribution is 2.33. The van der Waals surface area contributed by atoms with Crippen molar-refractivity contribution in [1.82, 2.24) is 4.57 Å². The lowest BCUT2D eigenvalue weighted by molar-refractivity contribution is -0.137. The molecule has 0 fully saturated rings. The van der Waals surface area contributed by atoms with E-state index in [-0.39, 0.29) is 23.3 Å². The third-order valence-electron chi connectivity index (χ3n) is 4.06. The molecule has 4 nitrogen and oxygen atoms in total. The molecule has 1 aromatic heterocycles. The first kappa shape index (κ1) is 23.2. The number of hydrogen-bond donors (Lipinski definition) is 0. The number of carbonyl (C=O) groups is 1. The normalized spacial score (nSPS) is 13.2. The highest BCUT2D eigenvalue weighted by Gasteiger charge is 2.32. The van der Waals surface area contributed by atoms with Crippen LogP contribution in [-0.4, -0.2) is 17.1 Å². The number of halogens is 3. The van der Waals surface area contributed by atoms with Crippen LogP contribution < -0.4 is 9.54 Å². The Labute approximate surface area is 173 Å². The zero-order chi connectivity index (χ0) is 22.0. The van der Waals surface area contributed by atoms with Crippen molar-refractivity contribution in [2.24, 2.45) is 10.9 Å². The molecular formula is C21H27F3N2O2S. The van der Waals surface area contributed by atoms with E-state index in [1.807, 2.05) is 24.6 Å². The first-order valence-corrected chi connectivity index (χ1v) is 10.3. The average Bonchev–Trinajstić information content (AvgIpc) is 2.96. The zero-order valence-corrected chi connectivity index (χ0v) is 18.4. The molecule has 160 valence electrons. The Balaban J connectivity index is 2.60. The first-order valence-electron chi connectivity index (χ1n) is 9.46. The minimum absolute atomic E-state index is 0.0947. The van der Waals surface area contributed by atoms with Gasteiger partial charge in [0, 0.05) is 17.6 Å². The van der Waals surface area contributed by atoms with Gasteiger partial charge in [-0.15, -0.1) is 11.3 Å². The van der Waals surface area contributed by atoms with E-state index >= 15 is 0 Å². The minimum atomic E-state index is -4.56. The third kappa shape index (κ3) is 5.95. The van der Waals surface area contributed by atoms with E-state index in [4.69, 9.17) is 4.74 Å². The lowest BCUT2D eigenvalue weighted by atomic mass is 9.95. The molecule has 0 aliphatic rings. The predicted molar refractivity (Wildman–Crippen MR) is 108 cm³/mol. The molecular weight excluding hydrogens is 401 g/mol. The molecule has 29 heavy (non-hydrogen) atoms. The van der Waals surface area contributed by atoms with Crippen molar-refractivity contribution in [3.8, 4) is 5.75 Å². The number of carbonyl (C=O) groups excluding carboxylic acids is 1. The maximum Gasteiger partial charge on any atom is 0.416 e. The van der Waals surface area contributed by atoms with Crippen molar-refractivity contribution in [1.29, 1.82) is 0 Å². The fourth-order valence-electron chi connectivity index (χ4n) is 2.64. The van der Waals surface area contributed by atoms with Crippen LogP contribution in [0.5, 0.6) is 5.75 Å². The Kier molecular flexibility index (Phi) is 6.98. The zero-order valence-electron chi connectivity index (χ0n) is 17.6. The summed E-state index contributed by atoms with van der Waals surface area (Å²) in [7, 11) is 0. The molecule has 0 saturated carbocycles.